The lowest BCUT2D eigenvalue weighted by molar-refractivity contribution is 0.376. The van der Waals surface area contributed by atoms with Crippen LogP contribution in [0.4, 0.5) is 0 Å². The van der Waals surface area contributed by atoms with E-state index < -0.39 is 10.0 Å². The molecular formula is C15H17ClN2O3S. The van der Waals surface area contributed by atoms with Gasteiger partial charge in [-0.1, -0.05) is 22.8 Å². The highest BCUT2D eigenvalue weighted by Gasteiger charge is 2.38. The molecule has 0 N–H and O–H groups in total. The van der Waals surface area contributed by atoms with E-state index in [1.807, 2.05) is 13.8 Å². The molecule has 1 aliphatic heterocycles. The summed E-state index contributed by atoms with van der Waals surface area (Å²) >= 11 is 5.94. The fourth-order valence-corrected chi connectivity index (χ4v) is 5.01. The summed E-state index contributed by atoms with van der Waals surface area (Å²) < 4.78 is 32.6. The standard InChI is InChI=1S/C15H17ClN2O3S/c1-10-15(11(2)21-17-10)14-7-4-8-18(14)22(19,20)13-6-3-5-12(16)9-13/h3,5-6,9,14H,4,7-8H2,1-2H3. The van der Waals surface area contributed by atoms with Crippen molar-refractivity contribution in [1.82, 2.24) is 9.46 Å². The third-order valence-corrected chi connectivity index (χ3v) is 6.17. The molecule has 0 bridgehead atoms. The lowest BCUT2D eigenvalue weighted by Gasteiger charge is -2.24. The van der Waals surface area contributed by atoms with Gasteiger partial charge in [0, 0.05) is 17.1 Å². The quantitative estimate of drug-likeness (QED) is 0.858. The predicted octanol–water partition coefficient (Wildman–Crippen LogP) is 3.47. The molecule has 2 aromatic rings. The zero-order valence-corrected chi connectivity index (χ0v) is 14.0. The maximum Gasteiger partial charge on any atom is 0.243 e. The maximum absolute atomic E-state index is 12.9. The molecular weight excluding hydrogens is 324 g/mol. The second kappa shape index (κ2) is 5.68. The van der Waals surface area contributed by atoms with Crippen LogP contribution in [0.2, 0.25) is 5.02 Å². The van der Waals surface area contributed by atoms with Gasteiger partial charge < -0.3 is 4.52 Å². The average molecular weight is 341 g/mol. The minimum atomic E-state index is -3.59. The summed E-state index contributed by atoms with van der Waals surface area (Å²) in [6, 6.07) is 6.14. The van der Waals surface area contributed by atoms with Crippen LogP contribution in [0.25, 0.3) is 0 Å². The fourth-order valence-electron chi connectivity index (χ4n) is 3.04. The number of hydrogen-bond acceptors (Lipinski definition) is 4. The Labute approximate surface area is 134 Å². The van der Waals surface area contributed by atoms with E-state index in [1.54, 1.807) is 18.2 Å². The van der Waals surface area contributed by atoms with E-state index in [-0.39, 0.29) is 10.9 Å². The predicted molar refractivity (Wildman–Crippen MR) is 83.3 cm³/mol. The summed E-state index contributed by atoms with van der Waals surface area (Å²) in [5, 5.41) is 4.36. The summed E-state index contributed by atoms with van der Waals surface area (Å²) in [6.45, 7) is 4.15. The van der Waals surface area contributed by atoms with Crippen molar-refractivity contribution >= 4 is 21.6 Å². The SMILES string of the molecule is Cc1noc(C)c1C1CCCN1S(=O)(=O)c1cccc(Cl)c1. The molecule has 0 aliphatic carbocycles. The number of benzene rings is 1. The van der Waals surface area contributed by atoms with Gasteiger partial charge in [0.2, 0.25) is 10.0 Å². The van der Waals surface area contributed by atoms with Gasteiger partial charge >= 0.3 is 0 Å². The molecule has 1 fully saturated rings. The van der Waals surface area contributed by atoms with Crippen molar-refractivity contribution in [3.63, 3.8) is 0 Å². The van der Waals surface area contributed by atoms with Crippen LogP contribution in [-0.2, 0) is 10.0 Å². The van der Waals surface area contributed by atoms with Gasteiger partial charge in [-0.25, -0.2) is 8.42 Å². The molecule has 1 aromatic carbocycles. The van der Waals surface area contributed by atoms with E-state index in [2.05, 4.69) is 5.16 Å². The van der Waals surface area contributed by atoms with E-state index in [0.717, 1.165) is 24.1 Å². The molecule has 1 aromatic heterocycles. The monoisotopic (exact) mass is 340 g/mol. The zero-order chi connectivity index (χ0) is 15.9. The minimum absolute atomic E-state index is 0.221. The Bertz CT molecular complexity index is 781. The average Bonchev–Trinajstić information content (AvgIpc) is 3.06. The van der Waals surface area contributed by atoms with Crippen LogP contribution in [0.3, 0.4) is 0 Å². The van der Waals surface area contributed by atoms with Crippen molar-refractivity contribution in [2.24, 2.45) is 0 Å². The molecule has 3 rings (SSSR count). The first kappa shape index (κ1) is 15.5. The van der Waals surface area contributed by atoms with Crippen LogP contribution in [0.15, 0.2) is 33.7 Å². The first-order valence-corrected chi connectivity index (χ1v) is 8.93. The van der Waals surface area contributed by atoms with Crippen LogP contribution in [-0.4, -0.2) is 24.4 Å². The summed E-state index contributed by atoms with van der Waals surface area (Å²) in [5.74, 6) is 0.677. The molecule has 7 heteroatoms. The summed E-state index contributed by atoms with van der Waals surface area (Å²) in [6.07, 6.45) is 1.58. The van der Waals surface area contributed by atoms with E-state index in [0.29, 0.717) is 17.3 Å². The molecule has 5 nitrogen and oxygen atoms in total. The molecule has 0 amide bonds. The van der Waals surface area contributed by atoms with E-state index in [1.165, 1.54) is 10.4 Å². The molecule has 0 spiro atoms. The molecule has 118 valence electrons. The first-order valence-electron chi connectivity index (χ1n) is 7.11. The lowest BCUT2D eigenvalue weighted by Crippen LogP contribution is -2.31. The van der Waals surface area contributed by atoms with E-state index in [9.17, 15) is 8.42 Å². The molecule has 2 heterocycles. The minimum Gasteiger partial charge on any atom is -0.361 e. The smallest absolute Gasteiger partial charge is 0.243 e. The lowest BCUT2D eigenvalue weighted by atomic mass is 10.0. The number of aromatic nitrogens is 1. The van der Waals surface area contributed by atoms with E-state index in [4.69, 9.17) is 16.1 Å². The van der Waals surface area contributed by atoms with Gasteiger partial charge in [-0.3, -0.25) is 0 Å². The van der Waals surface area contributed by atoms with Crippen LogP contribution in [0.1, 0.15) is 35.9 Å². The van der Waals surface area contributed by atoms with Gasteiger partial charge in [-0.2, -0.15) is 4.31 Å². The maximum atomic E-state index is 12.9. The van der Waals surface area contributed by atoms with Crippen molar-refractivity contribution in [3.05, 3.63) is 46.3 Å². The molecule has 1 atom stereocenters. The van der Waals surface area contributed by atoms with Crippen LogP contribution < -0.4 is 0 Å². The largest absolute Gasteiger partial charge is 0.361 e. The number of sulfonamides is 1. The first-order chi connectivity index (χ1) is 10.4. The Morgan fingerprint density at radius 3 is 2.77 bits per heavy atom. The van der Waals surface area contributed by atoms with Crippen molar-refractivity contribution in [1.29, 1.82) is 0 Å². The fraction of sp³-hybridized carbons (Fsp3) is 0.400. The van der Waals surface area contributed by atoms with Gasteiger partial charge in [0.1, 0.15) is 5.76 Å². The normalized spacial score (nSPS) is 19.7. The Kier molecular flexibility index (Phi) is 4.01. The van der Waals surface area contributed by atoms with E-state index >= 15 is 0 Å². The number of nitrogens with zero attached hydrogens (tertiary/aromatic N) is 2. The molecule has 0 radical (unpaired) electrons. The third-order valence-electron chi connectivity index (χ3n) is 4.03. The van der Waals surface area contributed by atoms with Crippen LogP contribution >= 0.6 is 11.6 Å². The highest BCUT2D eigenvalue weighted by atomic mass is 35.5. The Hall–Kier alpha value is -1.37. The van der Waals surface area contributed by atoms with Crippen LogP contribution in [0, 0.1) is 13.8 Å². The topological polar surface area (TPSA) is 63.4 Å². The van der Waals surface area contributed by atoms with Crippen molar-refractivity contribution in [3.8, 4) is 0 Å². The number of halogens is 1. The molecule has 22 heavy (non-hydrogen) atoms. The summed E-state index contributed by atoms with van der Waals surface area (Å²) in [7, 11) is -3.59. The van der Waals surface area contributed by atoms with Gasteiger partial charge in [0.15, 0.2) is 0 Å². The third kappa shape index (κ3) is 2.55. The highest BCUT2D eigenvalue weighted by molar-refractivity contribution is 7.89. The van der Waals surface area contributed by atoms with Gasteiger partial charge in [0.05, 0.1) is 16.6 Å². The number of aryl methyl sites for hydroxylation is 2. The molecule has 1 unspecified atom stereocenters. The van der Waals surface area contributed by atoms with Gasteiger partial charge in [-0.05, 0) is 44.9 Å². The summed E-state index contributed by atoms with van der Waals surface area (Å²) in [4.78, 5) is 0.221. The van der Waals surface area contributed by atoms with Gasteiger partial charge in [0.25, 0.3) is 0 Å². The summed E-state index contributed by atoms with van der Waals surface area (Å²) in [5.41, 5.74) is 1.62. The van der Waals surface area contributed by atoms with Gasteiger partial charge in [-0.15, -0.1) is 0 Å². The highest BCUT2D eigenvalue weighted by Crippen LogP contribution is 2.39. The van der Waals surface area contributed by atoms with Crippen molar-refractivity contribution < 1.29 is 12.9 Å². The second-order valence-electron chi connectivity index (χ2n) is 5.47. The van der Waals surface area contributed by atoms with Crippen LogP contribution in [0.5, 0.6) is 0 Å². The zero-order valence-electron chi connectivity index (χ0n) is 12.4. The Balaban J connectivity index is 2.03. The molecule has 1 aliphatic rings. The molecule has 0 saturated carbocycles. The molecule has 1 saturated heterocycles. The number of hydrogen-bond donors (Lipinski definition) is 0. The van der Waals surface area contributed by atoms with Crippen molar-refractivity contribution in [2.45, 2.75) is 37.6 Å². The Morgan fingerprint density at radius 1 is 1.36 bits per heavy atom. The Morgan fingerprint density at radius 2 is 2.14 bits per heavy atom. The number of rotatable bonds is 3. The second-order valence-corrected chi connectivity index (χ2v) is 7.80. The van der Waals surface area contributed by atoms with Crippen molar-refractivity contribution in [2.75, 3.05) is 6.54 Å².